The van der Waals surface area contributed by atoms with E-state index in [-0.39, 0.29) is 83.8 Å². The van der Waals surface area contributed by atoms with Gasteiger partial charge in [0.2, 0.25) is 0 Å². The zero-order valence-electron chi connectivity index (χ0n) is 10.5. The third kappa shape index (κ3) is 57.9. The summed E-state index contributed by atoms with van der Waals surface area (Å²) in [6, 6.07) is 0. The van der Waals surface area contributed by atoms with Crippen LogP contribution in [0.15, 0.2) is 0 Å². The van der Waals surface area contributed by atoms with E-state index in [1.807, 2.05) is 0 Å². The number of ether oxygens (including phenoxy) is 1. The van der Waals surface area contributed by atoms with Crippen molar-refractivity contribution in [3.05, 3.63) is 0 Å². The van der Waals surface area contributed by atoms with Crippen LogP contribution in [0.25, 0.3) is 0 Å². The molecule has 0 N–H and O–H groups in total. The van der Waals surface area contributed by atoms with Gasteiger partial charge in [0, 0.05) is 21.7 Å². The molecule has 0 radical (unpaired) electrons. The Morgan fingerprint density at radius 2 is 1.06 bits per heavy atom. The summed E-state index contributed by atoms with van der Waals surface area (Å²) in [4.78, 5) is 11.3. The van der Waals surface area contributed by atoms with Gasteiger partial charge < -0.3 is 9.64 Å². The molecule has 0 saturated heterocycles. The van der Waals surface area contributed by atoms with Gasteiger partial charge in [0.1, 0.15) is 0 Å². The van der Waals surface area contributed by atoms with Crippen molar-refractivity contribution in [2.45, 2.75) is 20.8 Å². The van der Waals surface area contributed by atoms with Gasteiger partial charge in [-0.2, -0.15) is 0 Å². The van der Waals surface area contributed by atoms with Crippen molar-refractivity contribution in [1.82, 2.24) is 4.90 Å². The van der Waals surface area contributed by atoms with Crippen LogP contribution in [0.1, 0.15) is 20.8 Å². The van der Waals surface area contributed by atoms with Crippen molar-refractivity contribution in [2.24, 2.45) is 0 Å². The predicted octanol–water partition coefficient (Wildman–Crippen LogP) is 3.24. The van der Waals surface area contributed by atoms with E-state index < -0.39 is 0 Å². The van der Waals surface area contributed by atoms with Crippen LogP contribution in [-0.4, -0.2) is 38.1 Å². The number of carbonyl (C=O) groups is 1. The molecule has 0 aromatic heterocycles. The van der Waals surface area contributed by atoms with Gasteiger partial charge in [-0.1, -0.05) is 20.8 Å². The average molecular weight is 391 g/mol. The molecule has 0 unspecified atom stereocenters. The minimum Gasteiger partial charge on any atom is -0.471 e. The summed E-state index contributed by atoms with van der Waals surface area (Å²) in [6.07, 6.45) is 0. The van der Waals surface area contributed by atoms with E-state index in [1.54, 1.807) is 0 Å². The molecule has 0 rings (SSSR count). The zero-order chi connectivity index (χ0) is 9.11. The predicted molar refractivity (Wildman–Crippen MR) is 82.8 cm³/mol. The fourth-order valence-corrected chi connectivity index (χ4v) is 0.671. The summed E-state index contributed by atoms with van der Waals surface area (Å²) < 4.78 is 3.86. The number of carbonyl (C=O) groups excluding carboxylic acids is 1. The van der Waals surface area contributed by atoms with Crippen molar-refractivity contribution in [3.8, 4) is 0 Å². The first-order valence-corrected chi connectivity index (χ1v) is 3.95. The van der Waals surface area contributed by atoms with Crippen molar-refractivity contribution in [1.29, 1.82) is 0 Å². The molecule has 0 amide bonds. The largest absolute Gasteiger partial charge is 0.471 e. The zero-order valence-corrected chi connectivity index (χ0v) is 16.1. The van der Waals surface area contributed by atoms with Crippen LogP contribution in [0.4, 0.5) is 0 Å². The fourth-order valence-electron chi connectivity index (χ4n) is 0.671. The van der Waals surface area contributed by atoms with Crippen LogP contribution < -0.4 is 0 Å². The first kappa shape index (κ1) is 51.3. The average Bonchev–Trinajstić information content (AvgIpc) is 2.08. The molecule has 0 fully saturated rings. The van der Waals surface area contributed by atoms with Crippen LogP contribution in [0, 0.1) is 0 Å². The van der Waals surface area contributed by atoms with E-state index in [0.717, 1.165) is 0 Å². The third-order valence-electron chi connectivity index (χ3n) is 1.44. The molecule has 0 bridgehead atoms. The molecule has 0 aliphatic rings. The Hall–Kier alpha value is 1.59. The van der Waals surface area contributed by atoms with Crippen LogP contribution >= 0.6 is 62.0 Å². The number of rotatable bonds is 4. The first-order chi connectivity index (χ1) is 5.26. The van der Waals surface area contributed by atoms with E-state index in [4.69, 9.17) is 4.79 Å². The molecule has 3 nitrogen and oxygen atoms in total. The number of hydrogen-bond donors (Lipinski definition) is 0. The van der Waals surface area contributed by atoms with E-state index in [1.165, 1.54) is 26.7 Å². The van der Waals surface area contributed by atoms with E-state index in [0.29, 0.717) is 6.47 Å². The summed E-state index contributed by atoms with van der Waals surface area (Å²) >= 11 is 0. The molecule has 0 aliphatic carbocycles. The second-order valence-corrected chi connectivity index (χ2v) is 1.95. The molecule has 0 aromatic rings. The number of halogens is 5. The molecule has 0 heterocycles. The Labute approximate surface area is 151 Å². The summed E-state index contributed by atoms with van der Waals surface area (Å²) in [5.74, 6) is 0. The third-order valence-corrected chi connectivity index (χ3v) is 1.44. The van der Waals surface area contributed by atoms with Crippen molar-refractivity contribution >= 4 is 68.5 Å². The second-order valence-electron chi connectivity index (χ2n) is 1.95. The van der Waals surface area contributed by atoms with Gasteiger partial charge in [0.15, 0.2) is 0 Å². The maximum Gasteiger partial charge on any atom is 0.292 e. The summed E-state index contributed by atoms with van der Waals surface area (Å²) in [5.41, 5.74) is 0. The Morgan fingerprint density at radius 1 is 0.882 bits per heavy atom. The Bertz CT molecular complexity index is 86.8. The van der Waals surface area contributed by atoms with Gasteiger partial charge in [-0.05, 0) is 19.6 Å². The molecule has 9 heteroatoms. The van der Waals surface area contributed by atoms with Gasteiger partial charge in [-0.25, -0.2) is 0 Å². The second kappa shape index (κ2) is 52.6. The van der Waals surface area contributed by atoms with E-state index in [2.05, 4.69) is 30.4 Å². The maximum atomic E-state index is 8.95. The SMILES string of the molecule is CCN(CC)CC.COC=O.Cl.Cl.Cl.Cl.Cl.[Ti]. The molecule has 112 valence electrons. The summed E-state index contributed by atoms with van der Waals surface area (Å²) in [6.45, 7) is 10.5. The van der Waals surface area contributed by atoms with Crippen LogP contribution in [0.3, 0.4) is 0 Å². The van der Waals surface area contributed by atoms with Crippen LogP contribution in [0.2, 0.25) is 0 Å². The summed E-state index contributed by atoms with van der Waals surface area (Å²) in [5, 5.41) is 0. The van der Waals surface area contributed by atoms with E-state index in [9.17, 15) is 0 Å². The molecular formula is C8H24Cl5NO2Ti. The Kier molecular flexibility index (Phi) is 159. The number of methoxy groups -OCH3 is 1. The van der Waals surface area contributed by atoms with Crippen molar-refractivity contribution in [3.63, 3.8) is 0 Å². The van der Waals surface area contributed by atoms with Crippen LogP contribution in [-0.2, 0) is 31.2 Å². The fraction of sp³-hybridized carbons (Fsp3) is 0.875. The van der Waals surface area contributed by atoms with Crippen LogP contribution in [0.5, 0.6) is 0 Å². The monoisotopic (exact) mass is 389 g/mol. The van der Waals surface area contributed by atoms with Crippen molar-refractivity contribution < 1.29 is 31.2 Å². The molecular weight excluding hydrogens is 367 g/mol. The van der Waals surface area contributed by atoms with Gasteiger partial charge in [0.25, 0.3) is 6.47 Å². The van der Waals surface area contributed by atoms with Gasteiger partial charge >= 0.3 is 0 Å². The number of nitrogens with zero attached hydrogens (tertiary/aromatic N) is 1. The molecule has 0 spiro atoms. The minimum atomic E-state index is 0. The normalized spacial score (nSPS) is 5.47. The van der Waals surface area contributed by atoms with Gasteiger partial charge in [0.05, 0.1) is 7.11 Å². The molecule has 17 heavy (non-hydrogen) atoms. The minimum absolute atomic E-state index is 0. The summed E-state index contributed by atoms with van der Waals surface area (Å²) in [7, 11) is 1.31. The number of hydrogen-bond acceptors (Lipinski definition) is 3. The smallest absolute Gasteiger partial charge is 0.292 e. The van der Waals surface area contributed by atoms with Gasteiger partial charge in [-0.3, -0.25) is 4.79 Å². The Balaban J connectivity index is -0.0000000125. The Morgan fingerprint density at radius 3 is 1.06 bits per heavy atom. The quantitative estimate of drug-likeness (QED) is 0.544. The molecule has 0 aliphatic heterocycles. The van der Waals surface area contributed by atoms with Gasteiger partial charge in [-0.15, -0.1) is 62.0 Å². The standard InChI is InChI=1S/C6H15N.C2H4O2.5ClH.Ti/c1-4-7(5-2)6-3;1-4-2-3;;;;;;/h4-6H2,1-3H3;2H,1H3;5*1H;. The topological polar surface area (TPSA) is 29.5 Å². The molecule has 0 saturated carbocycles. The molecule has 0 atom stereocenters. The van der Waals surface area contributed by atoms with E-state index >= 15 is 0 Å². The first-order valence-electron chi connectivity index (χ1n) is 3.95. The van der Waals surface area contributed by atoms with Crippen molar-refractivity contribution in [2.75, 3.05) is 26.7 Å². The molecule has 0 aromatic carbocycles. The maximum absolute atomic E-state index is 8.95.